The molecule has 0 N–H and O–H groups in total. The molecule has 8 aromatic rings. The molecule has 0 spiro atoms. The molecule has 8 aromatic carbocycles. The van der Waals surface area contributed by atoms with Crippen LogP contribution in [0.15, 0.2) is 218 Å². The number of hydrogen-bond donors (Lipinski definition) is 0. The number of benzene rings is 8. The molecular formula is C55H42. The van der Waals surface area contributed by atoms with E-state index >= 15 is 0 Å². The van der Waals surface area contributed by atoms with Crippen molar-refractivity contribution < 1.29 is 0 Å². The summed E-state index contributed by atoms with van der Waals surface area (Å²) in [6.07, 6.45) is 4.40. The summed E-state index contributed by atoms with van der Waals surface area (Å²) in [5.74, 6) is 0.0706. The lowest BCUT2D eigenvalue weighted by atomic mass is 9.55. The number of hydrogen-bond acceptors (Lipinski definition) is 0. The molecule has 0 heterocycles. The van der Waals surface area contributed by atoms with Crippen LogP contribution in [0.3, 0.4) is 0 Å². The first kappa shape index (κ1) is 33.1. The van der Waals surface area contributed by atoms with E-state index in [1.54, 1.807) is 0 Å². The van der Waals surface area contributed by atoms with E-state index < -0.39 is 5.41 Å². The predicted octanol–water partition coefficient (Wildman–Crippen LogP) is 13.2. The highest BCUT2D eigenvalue weighted by atomic mass is 14.6. The molecule has 262 valence electrons. The maximum Gasteiger partial charge on any atom is 0.0415 e. The van der Waals surface area contributed by atoms with Crippen LogP contribution in [0.2, 0.25) is 0 Å². The minimum absolute atomic E-state index is 0.0261. The molecule has 1 atom stereocenters. The van der Waals surface area contributed by atoms with E-state index in [9.17, 15) is 0 Å². The molecule has 0 amide bonds. The molecule has 0 saturated carbocycles. The van der Waals surface area contributed by atoms with Gasteiger partial charge in [-0.2, -0.15) is 0 Å². The first-order chi connectivity index (χ1) is 27.3. The molecule has 0 saturated heterocycles. The summed E-state index contributed by atoms with van der Waals surface area (Å²) in [5, 5.41) is 0. The first-order valence-electron chi connectivity index (χ1n) is 19.6. The predicted molar refractivity (Wildman–Crippen MR) is 229 cm³/mol. The van der Waals surface area contributed by atoms with Gasteiger partial charge in [-0.25, -0.2) is 0 Å². The van der Waals surface area contributed by atoms with Gasteiger partial charge in [0.15, 0.2) is 0 Å². The Bertz CT molecular complexity index is 2490. The lowest BCUT2D eigenvalue weighted by Gasteiger charge is -2.46. The topological polar surface area (TPSA) is 0 Å². The zero-order chi connectivity index (χ0) is 36.6. The molecule has 0 aromatic heterocycles. The highest BCUT2D eigenvalue weighted by Crippen LogP contribution is 2.64. The summed E-state index contributed by atoms with van der Waals surface area (Å²) in [6, 6.07) is 79.5. The van der Waals surface area contributed by atoms with Crippen molar-refractivity contribution in [3.8, 4) is 11.1 Å². The minimum atomic E-state index is -0.494. The molecule has 10 rings (SSSR count). The molecule has 0 heteroatoms. The molecule has 2 aliphatic rings. The molecule has 0 bridgehead atoms. The van der Waals surface area contributed by atoms with Crippen LogP contribution in [-0.2, 0) is 18.3 Å². The smallest absolute Gasteiger partial charge is 0.0415 e. The average molecular weight is 703 g/mol. The van der Waals surface area contributed by atoms with Crippen molar-refractivity contribution >= 4 is 5.57 Å². The van der Waals surface area contributed by atoms with Gasteiger partial charge in [0.2, 0.25) is 0 Å². The third-order valence-electron chi connectivity index (χ3n) is 12.1. The maximum absolute atomic E-state index is 2.61. The van der Waals surface area contributed by atoms with Crippen molar-refractivity contribution in [1.82, 2.24) is 0 Å². The second kappa shape index (κ2) is 14.0. The summed E-state index contributed by atoms with van der Waals surface area (Å²) in [7, 11) is 0. The van der Waals surface area contributed by atoms with Crippen molar-refractivity contribution in [1.29, 1.82) is 0 Å². The highest BCUT2D eigenvalue weighted by Gasteiger charge is 2.54. The largest absolute Gasteiger partial charge is 0.0672 e. The monoisotopic (exact) mass is 702 g/mol. The molecule has 0 aliphatic heterocycles. The molecule has 1 unspecified atom stereocenters. The second-order valence-corrected chi connectivity index (χ2v) is 15.2. The summed E-state index contributed by atoms with van der Waals surface area (Å²) in [4.78, 5) is 0. The third kappa shape index (κ3) is 5.77. The van der Waals surface area contributed by atoms with Crippen LogP contribution in [0.5, 0.6) is 0 Å². The fourth-order valence-electron chi connectivity index (χ4n) is 9.81. The summed E-state index contributed by atoms with van der Waals surface area (Å²) < 4.78 is 0. The van der Waals surface area contributed by atoms with E-state index in [4.69, 9.17) is 0 Å². The van der Waals surface area contributed by atoms with Crippen LogP contribution >= 0.6 is 0 Å². The minimum Gasteiger partial charge on any atom is -0.0672 e. The Morgan fingerprint density at radius 1 is 0.345 bits per heavy atom. The fraction of sp³-hybridized carbons (Fsp3) is 0.0909. The standard InChI is InChI=1S/C55H42/c1-6-18-39(19-7-1)34-41-30-32-47-48-33-31-42(35-40-20-8-2-9-21-40)37-52(48)54(51(47)36-41)55(44-24-12-4-13-25-44,45-26-14-5-15-27-45)53-38-50(43-22-10-3-11-23-43)46-28-16-17-29-49(46)53/h1-33,36-38,53-54H,34-35H2. The zero-order valence-corrected chi connectivity index (χ0v) is 30.9. The van der Waals surface area contributed by atoms with Gasteiger partial charge in [-0.15, -0.1) is 0 Å². The molecule has 0 radical (unpaired) electrons. The first-order valence-corrected chi connectivity index (χ1v) is 19.6. The molecule has 2 aliphatic carbocycles. The summed E-state index contributed by atoms with van der Waals surface area (Å²) in [5.41, 5.74) is 18.3. The number of rotatable bonds is 9. The maximum atomic E-state index is 2.61. The van der Waals surface area contributed by atoms with Crippen LogP contribution in [0.1, 0.15) is 73.0 Å². The van der Waals surface area contributed by atoms with E-state index in [-0.39, 0.29) is 11.8 Å². The van der Waals surface area contributed by atoms with Gasteiger partial charge in [-0.3, -0.25) is 0 Å². The highest BCUT2D eigenvalue weighted by molar-refractivity contribution is 5.88. The van der Waals surface area contributed by atoms with Crippen molar-refractivity contribution in [3.05, 3.63) is 280 Å². The molecular weight excluding hydrogens is 661 g/mol. The Morgan fingerprint density at radius 2 is 0.782 bits per heavy atom. The van der Waals surface area contributed by atoms with E-state index in [1.165, 1.54) is 77.9 Å². The Hall–Kier alpha value is -6.50. The average Bonchev–Trinajstić information content (AvgIpc) is 3.79. The summed E-state index contributed by atoms with van der Waals surface area (Å²) >= 11 is 0. The molecule has 0 nitrogen and oxygen atoms in total. The zero-order valence-electron chi connectivity index (χ0n) is 30.9. The van der Waals surface area contributed by atoms with Gasteiger partial charge in [0.1, 0.15) is 0 Å². The van der Waals surface area contributed by atoms with E-state index in [1.807, 2.05) is 0 Å². The van der Waals surface area contributed by atoms with Gasteiger partial charge in [0.05, 0.1) is 0 Å². The van der Waals surface area contributed by atoms with E-state index in [2.05, 4.69) is 218 Å². The van der Waals surface area contributed by atoms with Crippen LogP contribution in [0.4, 0.5) is 0 Å². The summed E-state index contributed by atoms with van der Waals surface area (Å²) in [6.45, 7) is 0. The third-order valence-corrected chi connectivity index (χ3v) is 12.1. The number of allylic oxidation sites excluding steroid dienone is 1. The molecule has 55 heavy (non-hydrogen) atoms. The van der Waals surface area contributed by atoms with Crippen molar-refractivity contribution in [3.63, 3.8) is 0 Å². The van der Waals surface area contributed by atoms with Crippen LogP contribution in [0.25, 0.3) is 16.7 Å². The Kier molecular flexibility index (Phi) is 8.45. The normalized spacial score (nSPS) is 14.5. The Morgan fingerprint density at radius 3 is 1.29 bits per heavy atom. The quantitative estimate of drug-likeness (QED) is 0.140. The Balaban J connectivity index is 1.28. The van der Waals surface area contributed by atoms with Gasteiger partial charge >= 0.3 is 0 Å². The van der Waals surface area contributed by atoms with Crippen LogP contribution in [-0.4, -0.2) is 0 Å². The van der Waals surface area contributed by atoms with E-state index in [0.717, 1.165) is 12.8 Å². The van der Waals surface area contributed by atoms with Gasteiger partial charge in [0.25, 0.3) is 0 Å². The van der Waals surface area contributed by atoms with Crippen LogP contribution < -0.4 is 0 Å². The second-order valence-electron chi connectivity index (χ2n) is 15.2. The van der Waals surface area contributed by atoms with Crippen LogP contribution in [0, 0.1) is 0 Å². The van der Waals surface area contributed by atoms with Gasteiger partial charge in [-0.05, 0) is 90.7 Å². The van der Waals surface area contributed by atoms with Gasteiger partial charge in [-0.1, -0.05) is 218 Å². The lowest BCUT2D eigenvalue weighted by Crippen LogP contribution is -2.40. The van der Waals surface area contributed by atoms with Gasteiger partial charge < -0.3 is 0 Å². The SMILES string of the molecule is C1=C(c2ccccc2)c2ccccc2C1C(c1ccccc1)(c1ccccc1)C1c2cc(Cc3ccccc3)ccc2-c2ccc(Cc3ccccc3)cc21. The number of fused-ring (bicyclic) bond motifs is 4. The molecule has 0 fully saturated rings. The fourth-order valence-corrected chi connectivity index (χ4v) is 9.81. The van der Waals surface area contributed by atoms with Gasteiger partial charge in [0, 0.05) is 17.3 Å². The lowest BCUT2D eigenvalue weighted by molar-refractivity contribution is 0.416. The van der Waals surface area contributed by atoms with Crippen molar-refractivity contribution in [2.75, 3.05) is 0 Å². The van der Waals surface area contributed by atoms with Crippen molar-refractivity contribution in [2.45, 2.75) is 30.1 Å². The van der Waals surface area contributed by atoms with Crippen molar-refractivity contribution in [2.24, 2.45) is 0 Å². The van der Waals surface area contributed by atoms with E-state index in [0.29, 0.717) is 0 Å². The Labute approximate surface area is 325 Å².